The molecule has 37 heavy (non-hydrogen) atoms. The molecule has 0 amide bonds. The summed E-state index contributed by atoms with van der Waals surface area (Å²) >= 11 is 0. The van der Waals surface area contributed by atoms with Crippen molar-refractivity contribution >= 4 is 5.97 Å². The van der Waals surface area contributed by atoms with E-state index in [0.29, 0.717) is 25.5 Å². The third-order valence-electron chi connectivity index (χ3n) is 6.52. The van der Waals surface area contributed by atoms with Gasteiger partial charge in [-0.3, -0.25) is 24.2 Å². The number of ether oxygens (including phenoxy) is 1. The molecule has 7 nitrogen and oxygen atoms in total. The van der Waals surface area contributed by atoms with Crippen molar-refractivity contribution in [2.75, 3.05) is 18.2 Å². The maximum Gasteiger partial charge on any atom is 0.304 e. The molecule has 0 saturated carbocycles. The second-order valence-electron chi connectivity index (χ2n) is 9.08. The summed E-state index contributed by atoms with van der Waals surface area (Å²) in [5.74, 6) is -0.568. The Hall–Kier alpha value is -4.36. The van der Waals surface area contributed by atoms with E-state index in [0.717, 1.165) is 16.7 Å². The quantitative estimate of drug-likeness (QED) is 0.371. The second kappa shape index (κ2) is 11.1. The summed E-state index contributed by atoms with van der Waals surface area (Å²) in [5, 5.41) is 11.5. The zero-order valence-corrected chi connectivity index (χ0v) is 20.4. The average molecular weight is 496 g/mol. The van der Waals surface area contributed by atoms with Gasteiger partial charge in [0, 0.05) is 25.4 Å². The van der Waals surface area contributed by atoms with Gasteiger partial charge in [-0.1, -0.05) is 91.0 Å². The molecule has 0 atom stereocenters. The van der Waals surface area contributed by atoms with Gasteiger partial charge in [0.05, 0.1) is 24.8 Å². The number of carboxylic acids is 1. The molecule has 1 aliphatic rings. The zero-order chi connectivity index (χ0) is 25.6. The first-order valence-corrected chi connectivity index (χ1v) is 12.3. The standard InChI is InChI=1S/C30H29N3O4/c34-27-16-19-32-26(30(27)37-21-23-10-4-1-5-11-23)20-31(18-17-28(35)36)22-33(32)29(24-12-6-2-7-13-24)25-14-8-3-9-15-25/h1-16,19,29H,17-18,20-22H2,(H,35,36). The lowest BCUT2D eigenvalue weighted by Crippen LogP contribution is -2.52. The lowest BCUT2D eigenvalue weighted by Gasteiger charge is -2.44. The number of benzene rings is 3. The molecule has 7 heteroatoms. The minimum absolute atomic E-state index is 0.00640. The molecule has 4 aromatic rings. The molecule has 3 aromatic carbocycles. The van der Waals surface area contributed by atoms with Crippen molar-refractivity contribution in [2.24, 2.45) is 0 Å². The van der Waals surface area contributed by atoms with Gasteiger partial charge >= 0.3 is 5.97 Å². The number of nitrogens with zero attached hydrogens (tertiary/aromatic N) is 3. The molecule has 0 saturated heterocycles. The molecule has 2 heterocycles. The van der Waals surface area contributed by atoms with Gasteiger partial charge in [-0.15, -0.1) is 0 Å². The second-order valence-corrected chi connectivity index (χ2v) is 9.08. The van der Waals surface area contributed by atoms with Crippen LogP contribution in [0.15, 0.2) is 108 Å². The number of hydrogen-bond acceptors (Lipinski definition) is 5. The van der Waals surface area contributed by atoms with Gasteiger partial charge in [-0.05, 0) is 16.7 Å². The minimum atomic E-state index is -0.856. The molecule has 0 fully saturated rings. The Labute approximate surface area is 215 Å². The number of rotatable bonds is 9. The van der Waals surface area contributed by atoms with Crippen molar-refractivity contribution in [3.63, 3.8) is 0 Å². The number of fused-ring (bicyclic) bond motifs is 1. The topological polar surface area (TPSA) is 75.0 Å². The maximum absolute atomic E-state index is 13.0. The SMILES string of the molecule is O=C(O)CCN1Cc2c(OCc3ccccc3)c(=O)ccn2N(C(c2ccccc2)c2ccccc2)C1. The lowest BCUT2D eigenvalue weighted by molar-refractivity contribution is -0.137. The Morgan fingerprint density at radius 1 is 0.865 bits per heavy atom. The van der Waals surface area contributed by atoms with E-state index in [-0.39, 0.29) is 30.2 Å². The molecular formula is C30H29N3O4. The number of carbonyl (C=O) groups is 1. The summed E-state index contributed by atoms with van der Waals surface area (Å²) in [4.78, 5) is 26.5. The van der Waals surface area contributed by atoms with Crippen LogP contribution in [0.3, 0.4) is 0 Å². The van der Waals surface area contributed by atoms with Gasteiger partial charge in [0.15, 0.2) is 5.75 Å². The fourth-order valence-electron chi connectivity index (χ4n) is 4.77. The van der Waals surface area contributed by atoms with Crippen molar-refractivity contribution in [2.45, 2.75) is 25.6 Å². The van der Waals surface area contributed by atoms with Gasteiger partial charge < -0.3 is 9.84 Å². The predicted molar refractivity (Wildman–Crippen MR) is 142 cm³/mol. The summed E-state index contributed by atoms with van der Waals surface area (Å²) < 4.78 is 8.14. The van der Waals surface area contributed by atoms with Crippen LogP contribution in [0.25, 0.3) is 0 Å². The summed E-state index contributed by atoms with van der Waals surface area (Å²) in [5.41, 5.74) is 3.65. The molecular weight excluding hydrogens is 466 g/mol. The van der Waals surface area contributed by atoms with Crippen LogP contribution in [0, 0.1) is 0 Å². The third kappa shape index (κ3) is 5.57. The van der Waals surface area contributed by atoms with Gasteiger partial charge in [-0.2, -0.15) is 0 Å². The monoisotopic (exact) mass is 495 g/mol. The first kappa shape index (κ1) is 24.3. The van der Waals surface area contributed by atoms with E-state index < -0.39 is 5.97 Å². The van der Waals surface area contributed by atoms with E-state index >= 15 is 0 Å². The number of aliphatic carboxylic acids is 1. The van der Waals surface area contributed by atoms with Crippen LogP contribution >= 0.6 is 0 Å². The Kier molecular flexibility index (Phi) is 7.33. The van der Waals surface area contributed by atoms with Crippen LogP contribution in [0.1, 0.15) is 34.8 Å². The van der Waals surface area contributed by atoms with Crippen LogP contribution < -0.4 is 15.2 Å². The molecule has 188 valence electrons. The van der Waals surface area contributed by atoms with Gasteiger partial charge in [0.2, 0.25) is 5.43 Å². The van der Waals surface area contributed by atoms with Crippen LogP contribution in [0.5, 0.6) is 5.75 Å². The highest BCUT2D eigenvalue weighted by molar-refractivity contribution is 5.66. The summed E-state index contributed by atoms with van der Waals surface area (Å²) in [6.45, 7) is 1.50. The van der Waals surface area contributed by atoms with Crippen molar-refractivity contribution in [1.82, 2.24) is 9.58 Å². The molecule has 5 rings (SSSR count). The molecule has 0 radical (unpaired) electrons. The van der Waals surface area contributed by atoms with E-state index in [1.165, 1.54) is 6.07 Å². The van der Waals surface area contributed by atoms with Crippen molar-refractivity contribution < 1.29 is 14.6 Å². The van der Waals surface area contributed by atoms with Gasteiger partial charge in [0.25, 0.3) is 0 Å². The first-order valence-electron chi connectivity index (χ1n) is 12.3. The Balaban J connectivity index is 1.60. The highest BCUT2D eigenvalue weighted by Crippen LogP contribution is 2.32. The Morgan fingerprint density at radius 3 is 2.05 bits per heavy atom. The van der Waals surface area contributed by atoms with Crippen LogP contribution in [0.2, 0.25) is 0 Å². The first-order chi connectivity index (χ1) is 18.1. The van der Waals surface area contributed by atoms with Gasteiger partial charge in [0.1, 0.15) is 6.61 Å². The number of carboxylic acid groups (broad SMARTS) is 1. The molecule has 1 N–H and O–H groups in total. The van der Waals surface area contributed by atoms with Crippen molar-refractivity contribution in [1.29, 1.82) is 0 Å². The smallest absolute Gasteiger partial charge is 0.304 e. The Bertz CT molecular complexity index is 1350. The minimum Gasteiger partial charge on any atom is -0.483 e. The molecule has 1 aliphatic heterocycles. The summed E-state index contributed by atoms with van der Waals surface area (Å²) in [6, 6.07) is 31.5. The van der Waals surface area contributed by atoms with Crippen molar-refractivity contribution in [3.05, 3.63) is 136 Å². The Morgan fingerprint density at radius 2 is 1.46 bits per heavy atom. The molecule has 0 bridgehead atoms. The largest absolute Gasteiger partial charge is 0.483 e. The summed E-state index contributed by atoms with van der Waals surface area (Å²) in [7, 11) is 0. The zero-order valence-electron chi connectivity index (χ0n) is 20.4. The van der Waals surface area contributed by atoms with E-state index in [1.54, 1.807) is 6.20 Å². The van der Waals surface area contributed by atoms with E-state index in [9.17, 15) is 14.7 Å². The fraction of sp³-hybridized carbons (Fsp3) is 0.200. The number of pyridine rings is 1. The molecule has 1 aromatic heterocycles. The summed E-state index contributed by atoms with van der Waals surface area (Å²) in [6.07, 6.45) is 1.80. The van der Waals surface area contributed by atoms with E-state index in [4.69, 9.17) is 4.74 Å². The van der Waals surface area contributed by atoms with Crippen LogP contribution in [-0.2, 0) is 17.9 Å². The van der Waals surface area contributed by atoms with E-state index in [1.807, 2.05) is 71.4 Å². The average Bonchev–Trinajstić information content (AvgIpc) is 2.93. The molecule has 0 spiro atoms. The molecule has 0 unspecified atom stereocenters. The van der Waals surface area contributed by atoms with E-state index in [2.05, 4.69) is 34.2 Å². The van der Waals surface area contributed by atoms with Crippen molar-refractivity contribution in [3.8, 4) is 5.75 Å². The fourth-order valence-corrected chi connectivity index (χ4v) is 4.77. The third-order valence-corrected chi connectivity index (χ3v) is 6.52. The number of hydrogen-bond donors (Lipinski definition) is 1. The van der Waals surface area contributed by atoms with Crippen LogP contribution in [-0.4, -0.2) is 33.9 Å². The lowest BCUT2D eigenvalue weighted by atomic mass is 9.98. The number of aromatic nitrogens is 1. The molecule has 0 aliphatic carbocycles. The predicted octanol–water partition coefficient (Wildman–Crippen LogP) is 4.40. The normalized spacial score (nSPS) is 13.4. The highest BCUT2D eigenvalue weighted by atomic mass is 16.5. The highest BCUT2D eigenvalue weighted by Gasteiger charge is 2.32. The van der Waals surface area contributed by atoms with Gasteiger partial charge in [-0.25, -0.2) is 0 Å². The van der Waals surface area contributed by atoms with Crippen LogP contribution in [0.4, 0.5) is 0 Å². The maximum atomic E-state index is 13.0.